The summed E-state index contributed by atoms with van der Waals surface area (Å²) in [6.45, 7) is 4.19. The molecule has 0 radical (unpaired) electrons. The van der Waals surface area contributed by atoms with Crippen LogP contribution in [0.1, 0.15) is 57.7 Å². The summed E-state index contributed by atoms with van der Waals surface area (Å²) in [5, 5.41) is 5.14. The lowest BCUT2D eigenvalue weighted by atomic mass is 10.0. The number of nitrogens with zero attached hydrogens (tertiary/aromatic N) is 2. The van der Waals surface area contributed by atoms with Gasteiger partial charge in [-0.2, -0.15) is 16.9 Å². The number of Topliss-reactive ketones (excluding diaryl/α,β-unsaturated/α-hetero) is 1. The molecule has 1 aromatic rings. The van der Waals surface area contributed by atoms with Gasteiger partial charge in [0, 0.05) is 17.5 Å². The molecular weight excluding hydrogens is 256 g/mol. The largest absolute Gasteiger partial charge is 0.298 e. The van der Waals surface area contributed by atoms with Crippen LogP contribution in [0.5, 0.6) is 0 Å². The van der Waals surface area contributed by atoms with Crippen LogP contribution in [-0.2, 0) is 11.2 Å². The van der Waals surface area contributed by atoms with E-state index in [2.05, 4.69) is 18.9 Å². The number of hydrogen-bond acceptors (Lipinski definition) is 3. The predicted molar refractivity (Wildman–Crippen MR) is 80.7 cm³/mol. The van der Waals surface area contributed by atoms with Gasteiger partial charge < -0.3 is 0 Å². The van der Waals surface area contributed by atoms with Crippen LogP contribution >= 0.6 is 11.8 Å². The maximum atomic E-state index is 12.0. The molecule has 1 fully saturated rings. The number of rotatable bonds is 6. The molecule has 2 rings (SSSR count). The van der Waals surface area contributed by atoms with Gasteiger partial charge in [0.2, 0.25) is 0 Å². The molecule has 3 nitrogen and oxygen atoms in total. The standard InChI is InChI=1S/C15H24N2OS/c1-12(2)17-9-8-13(16-17)10-14(18)11-19-15-6-4-3-5-7-15/h8-9,12,15H,3-7,10-11H2,1-2H3. The van der Waals surface area contributed by atoms with Crippen LogP contribution in [0.3, 0.4) is 0 Å². The Hall–Kier alpha value is -0.770. The predicted octanol–water partition coefficient (Wildman–Crippen LogP) is 3.64. The molecule has 0 amide bonds. The first-order valence-electron chi connectivity index (χ1n) is 7.32. The highest BCUT2D eigenvalue weighted by atomic mass is 32.2. The molecule has 0 bridgehead atoms. The van der Waals surface area contributed by atoms with E-state index >= 15 is 0 Å². The SMILES string of the molecule is CC(C)n1ccc(CC(=O)CSC2CCCCC2)n1. The van der Waals surface area contributed by atoms with Crippen LogP contribution in [0.15, 0.2) is 12.3 Å². The van der Waals surface area contributed by atoms with Crippen molar-refractivity contribution >= 4 is 17.5 Å². The second kappa shape index (κ2) is 7.13. The van der Waals surface area contributed by atoms with E-state index in [0.29, 0.717) is 29.2 Å². The third-order valence-corrected chi connectivity index (χ3v) is 5.03. The van der Waals surface area contributed by atoms with Gasteiger partial charge >= 0.3 is 0 Å². The Balaban J connectivity index is 1.73. The lowest BCUT2D eigenvalue weighted by molar-refractivity contribution is -0.116. The average molecular weight is 280 g/mol. The minimum absolute atomic E-state index is 0.310. The van der Waals surface area contributed by atoms with Crippen LogP contribution in [0, 0.1) is 0 Å². The van der Waals surface area contributed by atoms with Crippen molar-refractivity contribution < 1.29 is 4.79 Å². The monoisotopic (exact) mass is 280 g/mol. The molecule has 19 heavy (non-hydrogen) atoms. The molecule has 0 unspecified atom stereocenters. The highest BCUT2D eigenvalue weighted by Gasteiger charge is 2.16. The fourth-order valence-electron chi connectivity index (χ4n) is 2.45. The topological polar surface area (TPSA) is 34.9 Å². The van der Waals surface area contributed by atoms with Crippen LogP contribution in [0.25, 0.3) is 0 Å². The first-order chi connectivity index (χ1) is 9.15. The smallest absolute Gasteiger partial charge is 0.148 e. The summed E-state index contributed by atoms with van der Waals surface area (Å²) in [4.78, 5) is 12.0. The average Bonchev–Trinajstić information content (AvgIpc) is 2.86. The Morgan fingerprint density at radius 1 is 1.42 bits per heavy atom. The molecule has 0 aromatic carbocycles. The summed E-state index contributed by atoms with van der Waals surface area (Å²) in [6.07, 6.45) is 9.08. The molecule has 0 saturated heterocycles. The second-order valence-corrected chi connectivity index (χ2v) is 6.96. The Kier molecular flexibility index (Phi) is 5.49. The zero-order valence-corrected chi connectivity index (χ0v) is 12.8. The Morgan fingerprint density at radius 3 is 2.79 bits per heavy atom. The second-order valence-electron chi connectivity index (χ2n) is 5.67. The molecule has 0 aliphatic heterocycles. The number of ketones is 1. The van der Waals surface area contributed by atoms with Crippen molar-refractivity contribution in [3.63, 3.8) is 0 Å². The number of thioether (sulfide) groups is 1. The van der Waals surface area contributed by atoms with Crippen LogP contribution < -0.4 is 0 Å². The fraction of sp³-hybridized carbons (Fsp3) is 0.733. The molecule has 1 aliphatic rings. The van der Waals surface area contributed by atoms with E-state index in [1.165, 1.54) is 32.1 Å². The van der Waals surface area contributed by atoms with Crippen molar-refractivity contribution in [1.82, 2.24) is 9.78 Å². The number of carbonyl (C=O) groups is 1. The third-order valence-electron chi connectivity index (χ3n) is 3.60. The van der Waals surface area contributed by atoms with Gasteiger partial charge in [0.25, 0.3) is 0 Å². The summed E-state index contributed by atoms with van der Waals surface area (Å²) in [6, 6.07) is 2.32. The third kappa shape index (κ3) is 4.68. The summed E-state index contributed by atoms with van der Waals surface area (Å²) >= 11 is 1.85. The van der Waals surface area contributed by atoms with Crippen molar-refractivity contribution in [1.29, 1.82) is 0 Å². The molecule has 0 N–H and O–H groups in total. The van der Waals surface area contributed by atoms with Gasteiger partial charge in [0.15, 0.2) is 0 Å². The molecule has 106 valence electrons. The van der Waals surface area contributed by atoms with Gasteiger partial charge in [-0.1, -0.05) is 19.3 Å². The maximum absolute atomic E-state index is 12.0. The van der Waals surface area contributed by atoms with Gasteiger partial charge in [-0.25, -0.2) is 0 Å². The maximum Gasteiger partial charge on any atom is 0.148 e. The van der Waals surface area contributed by atoms with Gasteiger partial charge in [-0.05, 0) is 32.8 Å². The van der Waals surface area contributed by atoms with Crippen molar-refractivity contribution in [2.45, 2.75) is 63.7 Å². The van der Waals surface area contributed by atoms with Gasteiger partial charge in [-0.15, -0.1) is 0 Å². The lowest BCUT2D eigenvalue weighted by Gasteiger charge is -2.20. The molecule has 1 aliphatic carbocycles. The fourth-order valence-corrected chi connectivity index (χ4v) is 3.65. The van der Waals surface area contributed by atoms with Crippen molar-refractivity contribution in [2.24, 2.45) is 0 Å². The zero-order valence-electron chi connectivity index (χ0n) is 12.0. The van der Waals surface area contributed by atoms with Crippen molar-refractivity contribution in [3.8, 4) is 0 Å². The first-order valence-corrected chi connectivity index (χ1v) is 8.37. The molecular formula is C15H24N2OS. The van der Waals surface area contributed by atoms with E-state index in [1.807, 2.05) is 28.7 Å². The Labute approximate surface area is 120 Å². The Morgan fingerprint density at radius 2 is 2.16 bits per heavy atom. The molecule has 1 heterocycles. The first kappa shape index (κ1) is 14.6. The summed E-state index contributed by atoms with van der Waals surface area (Å²) in [7, 11) is 0. The van der Waals surface area contributed by atoms with Crippen LogP contribution in [0.2, 0.25) is 0 Å². The number of aromatic nitrogens is 2. The van der Waals surface area contributed by atoms with Crippen molar-refractivity contribution in [2.75, 3.05) is 5.75 Å². The van der Waals surface area contributed by atoms with Crippen LogP contribution in [0.4, 0.5) is 0 Å². The van der Waals surface area contributed by atoms with E-state index in [9.17, 15) is 4.79 Å². The summed E-state index contributed by atoms with van der Waals surface area (Å²) < 4.78 is 1.91. The Bertz CT molecular complexity index is 408. The van der Waals surface area contributed by atoms with E-state index in [4.69, 9.17) is 0 Å². The zero-order chi connectivity index (χ0) is 13.7. The molecule has 0 atom stereocenters. The summed E-state index contributed by atoms with van der Waals surface area (Å²) in [5.41, 5.74) is 0.906. The lowest BCUT2D eigenvalue weighted by Crippen LogP contribution is -2.13. The van der Waals surface area contributed by atoms with E-state index in [0.717, 1.165) is 5.69 Å². The molecule has 1 saturated carbocycles. The minimum Gasteiger partial charge on any atom is -0.298 e. The molecule has 4 heteroatoms. The minimum atomic E-state index is 0.310. The number of hydrogen-bond donors (Lipinski definition) is 0. The number of carbonyl (C=O) groups excluding carboxylic acids is 1. The van der Waals surface area contributed by atoms with Gasteiger partial charge in [0.05, 0.1) is 17.9 Å². The van der Waals surface area contributed by atoms with Crippen molar-refractivity contribution in [3.05, 3.63) is 18.0 Å². The quantitative estimate of drug-likeness (QED) is 0.798. The normalized spacial score (nSPS) is 17.0. The molecule has 0 spiro atoms. The van der Waals surface area contributed by atoms with E-state index in [1.54, 1.807) is 0 Å². The van der Waals surface area contributed by atoms with Gasteiger partial charge in [-0.3, -0.25) is 9.48 Å². The van der Waals surface area contributed by atoms with E-state index in [-0.39, 0.29) is 0 Å². The molecule has 1 aromatic heterocycles. The highest BCUT2D eigenvalue weighted by Crippen LogP contribution is 2.28. The summed E-state index contributed by atoms with van der Waals surface area (Å²) in [5.74, 6) is 0.962. The van der Waals surface area contributed by atoms with Gasteiger partial charge in [0.1, 0.15) is 5.78 Å². The highest BCUT2D eigenvalue weighted by molar-refractivity contribution is 8.00. The van der Waals surface area contributed by atoms with E-state index < -0.39 is 0 Å². The van der Waals surface area contributed by atoms with Crippen LogP contribution in [-0.4, -0.2) is 26.6 Å².